The number of alkyl carbamates (subject to hydrolysis) is 1. The first kappa shape index (κ1) is 29.3. The third kappa shape index (κ3) is 8.81. The number of carboxylic acids is 1. The highest BCUT2D eigenvalue weighted by molar-refractivity contribution is 6.03. The third-order valence-corrected chi connectivity index (χ3v) is 4.06. The molecule has 3 amide bonds. The van der Waals surface area contributed by atoms with E-state index in [1.54, 1.807) is 34.6 Å². The van der Waals surface area contributed by atoms with Gasteiger partial charge in [-0.2, -0.15) is 0 Å². The van der Waals surface area contributed by atoms with Crippen LogP contribution in [0.25, 0.3) is 0 Å². The minimum absolute atomic E-state index is 0.207. The molecular formula is C21H36N2O9. The van der Waals surface area contributed by atoms with Gasteiger partial charge in [0.1, 0.15) is 11.6 Å². The number of nitrogens with one attached hydrogen (secondary N) is 1. The van der Waals surface area contributed by atoms with Gasteiger partial charge >= 0.3 is 18.0 Å². The molecule has 0 radical (unpaired) electrons. The van der Waals surface area contributed by atoms with Crippen LogP contribution in [0.3, 0.4) is 0 Å². The van der Waals surface area contributed by atoms with Crippen LogP contribution >= 0.6 is 0 Å². The zero-order chi connectivity index (χ0) is 25.6. The van der Waals surface area contributed by atoms with Crippen LogP contribution in [0.5, 0.6) is 0 Å². The molecule has 0 fully saturated rings. The fourth-order valence-corrected chi connectivity index (χ4v) is 2.55. The Hall–Kier alpha value is -2.69. The lowest BCUT2D eigenvalue weighted by Gasteiger charge is -2.36. The molecule has 0 rings (SSSR count). The summed E-state index contributed by atoms with van der Waals surface area (Å²) in [7, 11) is 0. The molecule has 0 aromatic heterocycles. The molecule has 11 nitrogen and oxygen atoms in total. The number of carboxylic acid groups (broad SMARTS) is 1. The quantitative estimate of drug-likeness (QED) is 0.343. The molecule has 0 aromatic rings. The lowest BCUT2D eigenvalue weighted by molar-refractivity contribution is -0.202. The topological polar surface area (TPSA) is 160 Å². The Morgan fingerprint density at radius 2 is 1.47 bits per heavy atom. The van der Waals surface area contributed by atoms with Gasteiger partial charge in [-0.3, -0.25) is 9.59 Å². The van der Waals surface area contributed by atoms with Crippen molar-refractivity contribution in [2.24, 2.45) is 11.8 Å². The molecule has 184 valence electrons. The Bertz CT molecular complexity index is 723. The zero-order valence-corrected chi connectivity index (χ0v) is 20.2. The minimum atomic E-state index is -2.82. The Balaban J connectivity index is 5.93. The number of carbonyl (C=O) groups excluding carboxylic acids is 4. The molecule has 3 unspecified atom stereocenters. The van der Waals surface area contributed by atoms with Gasteiger partial charge in [0, 0.05) is 12.3 Å². The van der Waals surface area contributed by atoms with E-state index in [9.17, 15) is 34.2 Å². The summed E-state index contributed by atoms with van der Waals surface area (Å²) >= 11 is 0. The maximum Gasteiger partial charge on any atom is 0.408 e. The van der Waals surface area contributed by atoms with Crippen LogP contribution in [-0.4, -0.2) is 68.4 Å². The molecule has 3 N–H and O–H groups in total. The van der Waals surface area contributed by atoms with Gasteiger partial charge in [0.05, 0.1) is 0 Å². The smallest absolute Gasteiger partial charge is 0.408 e. The predicted molar refractivity (Wildman–Crippen MR) is 113 cm³/mol. The number of imide groups is 1. The molecule has 0 saturated carbocycles. The molecule has 0 aliphatic carbocycles. The Morgan fingerprint density at radius 1 is 0.969 bits per heavy atom. The van der Waals surface area contributed by atoms with Crippen LogP contribution in [0.15, 0.2) is 0 Å². The number of rotatable bonds is 9. The van der Waals surface area contributed by atoms with Crippen LogP contribution in [0.4, 0.5) is 4.79 Å². The minimum Gasteiger partial charge on any atom is -0.478 e. The van der Waals surface area contributed by atoms with Gasteiger partial charge in [-0.05, 0) is 40.5 Å². The summed E-state index contributed by atoms with van der Waals surface area (Å²) in [4.78, 5) is 62.1. The molecule has 3 atom stereocenters. The van der Waals surface area contributed by atoms with Crippen LogP contribution < -0.4 is 5.32 Å². The third-order valence-electron chi connectivity index (χ3n) is 4.06. The highest BCUT2D eigenvalue weighted by Gasteiger charge is 2.48. The lowest BCUT2D eigenvalue weighted by Crippen LogP contribution is -2.63. The van der Waals surface area contributed by atoms with Crippen molar-refractivity contribution in [2.45, 2.75) is 92.2 Å². The van der Waals surface area contributed by atoms with Crippen molar-refractivity contribution in [3.8, 4) is 0 Å². The molecule has 0 spiro atoms. The maximum atomic E-state index is 13.0. The molecular weight excluding hydrogens is 424 g/mol. The van der Waals surface area contributed by atoms with Crippen molar-refractivity contribution >= 4 is 29.8 Å². The molecule has 0 bridgehead atoms. The summed E-state index contributed by atoms with van der Waals surface area (Å²) < 4.78 is 9.98. The highest BCUT2D eigenvalue weighted by atomic mass is 16.6. The second-order valence-corrected chi connectivity index (χ2v) is 9.46. The largest absolute Gasteiger partial charge is 0.478 e. The number of nitrogens with zero attached hydrogens (tertiary/aromatic N) is 1. The van der Waals surface area contributed by atoms with Gasteiger partial charge in [-0.15, -0.1) is 0 Å². The number of ether oxygens (including phenoxy) is 2. The number of hydrogen-bond donors (Lipinski definition) is 3. The van der Waals surface area contributed by atoms with Crippen molar-refractivity contribution in [2.75, 3.05) is 0 Å². The number of hydrogen-bond acceptors (Lipinski definition) is 8. The fraction of sp³-hybridized carbons (Fsp3) is 0.762. The van der Waals surface area contributed by atoms with Crippen LogP contribution in [-0.2, 0) is 28.7 Å². The number of carbonyl (C=O) groups is 5. The predicted octanol–water partition coefficient (Wildman–Crippen LogP) is 1.66. The fourth-order valence-electron chi connectivity index (χ4n) is 2.55. The van der Waals surface area contributed by atoms with Gasteiger partial charge < -0.3 is 25.0 Å². The normalized spacial score (nSPS) is 15.4. The number of esters is 1. The first-order valence-corrected chi connectivity index (χ1v) is 10.3. The molecule has 0 heterocycles. The molecule has 0 saturated heterocycles. The molecule has 11 heteroatoms. The van der Waals surface area contributed by atoms with Gasteiger partial charge in [0.2, 0.25) is 17.7 Å². The van der Waals surface area contributed by atoms with Crippen molar-refractivity contribution < 1.29 is 43.7 Å². The molecule has 0 aromatic carbocycles. The van der Waals surface area contributed by atoms with Gasteiger partial charge in [-0.1, -0.05) is 27.7 Å². The monoisotopic (exact) mass is 460 g/mol. The Morgan fingerprint density at radius 3 is 1.84 bits per heavy atom. The summed E-state index contributed by atoms with van der Waals surface area (Å²) in [6, 6.07) is -1.36. The van der Waals surface area contributed by atoms with E-state index in [0.29, 0.717) is 0 Å². The number of aliphatic carboxylic acids is 1. The van der Waals surface area contributed by atoms with E-state index in [1.807, 2.05) is 0 Å². The SMILES string of the molecule is CC(C)CC(=O)N(C(=O)C(C)NC(=O)OC(C)(C)C)C(C)(O)C(=O)OC(C(=O)O)C(C)C. The number of amides is 3. The first-order valence-electron chi connectivity index (χ1n) is 10.3. The average Bonchev–Trinajstić information content (AvgIpc) is 2.55. The highest BCUT2D eigenvalue weighted by Crippen LogP contribution is 2.21. The Kier molecular flexibility index (Phi) is 10.3. The molecule has 0 aliphatic rings. The summed E-state index contributed by atoms with van der Waals surface area (Å²) in [6.45, 7) is 13.3. The van der Waals surface area contributed by atoms with E-state index >= 15 is 0 Å². The van der Waals surface area contributed by atoms with Crippen molar-refractivity contribution in [1.82, 2.24) is 10.2 Å². The maximum absolute atomic E-state index is 13.0. The average molecular weight is 461 g/mol. The van der Waals surface area contributed by atoms with Crippen molar-refractivity contribution in [1.29, 1.82) is 0 Å². The van der Waals surface area contributed by atoms with Crippen LogP contribution in [0.1, 0.15) is 68.7 Å². The van der Waals surface area contributed by atoms with E-state index in [1.165, 1.54) is 20.8 Å². The van der Waals surface area contributed by atoms with E-state index in [4.69, 9.17) is 9.47 Å². The van der Waals surface area contributed by atoms with E-state index in [2.05, 4.69) is 5.32 Å². The van der Waals surface area contributed by atoms with Gasteiger partial charge in [-0.25, -0.2) is 19.3 Å². The second kappa shape index (κ2) is 11.3. The summed E-state index contributed by atoms with van der Waals surface area (Å²) in [6.07, 6.45) is -2.76. The van der Waals surface area contributed by atoms with Crippen LogP contribution in [0.2, 0.25) is 0 Å². The van der Waals surface area contributed by atoms with Gasteiger partial charge in [0.25, 0.3) is 5.91 Å². The van der Waals surface area contributed by atoms with Crippen molar-refractivity contribution in [3.05, 3.63) is 0 Å². The van der Waals surface area contributed by atoms with Gasteiger partial charge in [0.15, 0.2) is 0 Å². The zero-order valence-electron chi connectivity index (χ0n) is 20.2. The van der Waals surface area contributed by atoms with Crippen LogP contribution in [0, 0.1) is 11.8 Å². The van der Waals surface area contributed by atoms with E-state index in [0.717, 1.165) is 6.92 Å². The van der Waals surface area contributed by atoms with Crippen molar-refractivity contribution in [3.63, 3.8) is 0 Å². The lowest BCUT2D eigenvalue weighted by atomic mass is 10.1. The standard InChI is InChI=1S/C21H36N2O9/c1-11(2)10-14(24)23(16(25)13(5)22-19(29)32-20(6,7)8)21(9,30)18(28)31-15(12(3)4)17(26)27/h11-13,15,30H,10H2,1-9H3,(H,22,29)(H,26,27). The van der Waals surface area contributed by atoms with E-state index < -0.39 is 59.2 Å². The summed E-state index contributed by atoms with van der Waals surface area (Å²) in [5.74, 6) is -5.82. The summed E-state index contributed by atoms with van der Waals surface area (Å²) in [5, 5.41) is 22.3. The first-order chi connectivity index (χ1) is 14.3. The Labute approximate surface area is 188 Å². The second-order valence-electron chi connectivity index (χ2n) is 9.46. The molecule has 0 aliphatic heterocycles. The van der Waals surface area contributed by atoms with E-state index in [-0.39, 0.29) is 17.2 Å². The summed E-state index contributed by atoms with van der Waals surface area (Å²) in [5.41, 5.74) is -3.67. The number of aliphatic hydroxyl groups is 1. The molecule has 32 heavy (non-hydrogen) atoms.